The van der Waals surface area contributed by atoms with Crippen LogP contribution in [-0.2, 0) is 44.8 Å². The van der Waals surface area contributed by atoms with Crippen LogP contribution in [0.5, 0.6) is 5.75 Å². The summed E-state index contributed by atoms with van der Waals surface area (Å²) in [4.78, 5) is 109. The molecule has 63 heavy (non-hydrogen) atoms. The summed E-state index contributed by atoms with van der Waals surface area (Å²) in [6.07, 6.45) is 1.71. The quantitative estimate of drug-likeness (QED) is 0.0239. The summed E-state index contributed by atoms with van der Waals surface area (Å²) in [5.41, 5.74) is 28.0. The van der Waals surface area contributed by atoms with Crippen molar-refractivity contribution in [3.05, 3.63) is 29.8 Å². The zero-order chi connectivity index (χ0) is 47.8. The van der Waals surface area contributed by atoms with E-state index in [0.717, 1.165) is 0 Å². The number of primary amides is 2. The van der Waals surface area contributed by atoms with Crippen molar-refractivity contribution < 1.29 is 43.5 Å². The average molecular weight is 889 g/mol. The Morgan fingerprint density at radius 3 is 1.56 bits per heavy atom. The van der Waals surface area contributed by atoms with Crippen molar-refractivity contribution in [1.29, 1.82) is 0 Å². The fraction of sp³-hybridized carbons (Fsp3) is 0.643. The highest BCUT2D eigenvalue weighted by Gasteiger charge is 2.33. The summed E-state index contributed by atoms with van der Waals surface area (Å²) in [6.45, 7) is 10.8. The number of aliphatic imine (C=N–C) groups is 1. The van der Waals surface area contributed by atoms with Gasteiger partial charge in [-0.1, -0.05) is 46.8 Å². The monoisotopic (exact) mass is 889 g/mol. The van der Waals surface area contributed by atoms with Crippen molar-refractivity contribution in [2.75, 3.05) is 13.1 Å². The number of hydrogen-bond acceptors (Lipinski definition) is 11. The molecule has 0 aliphatic carbocycles. The van der Waals surface area contributed by atoms with E-state index >= 15 is 0 Å². The van der Waals surface area contributed by atoms with Gasteiger partial charge in [0.05, 0.1) is 0 Å². The molecule has 1 aromatic carbocycles. The minimum atomic E-state index is -1.32. The molecular weight excluding hydrogens is 817 g/mol. The summed E-state index contributed by atoms with van der Waals surface area (Å²) < 4.78 is 0. The van der Waals surface area contributed by atoms with Crippen molar-refractivity contribution in [3.63, 3.8) is 0 Å². The number of aromatic hydroxyl groups is 1. The second-order valence-corrected chi connectivity index (χ2v) is 16.7. The van der Waals surface area contributed by atoms with Crippen LogP contribution < -0.4 is 60.6 Å². The van der Waals surface area contributed by atoms with Crippen LogP contribution in [0, 0.1) is 17.8 Å². The number of phenolic OH excluding ortho intramolecular Hbond substituents is 1. The highest BCUT2D eigenvalue weighted by Crippen LogP contribution is 2.14. The molecule has 0 radical (unpaired) electrons. The number of carbonyl (C=O) groups excluding carboxylic acids is 8. The third-order valence-electron chi connectivity index (χ3n) is 9.90. The summed E-state index contributed by atoms with van der Waals surface area (Å²) in [6, 6.07) is -1.13. The lowest BCUT2D eigenvalue weighted by Crippen LogP contribution is -2.60. The van der Waals surface area contributed by atoms with Gasteiger partial charge < -0.3 is 65.7 Å². The maximum Gasteiger partial charge on any atom is 0.243 e. The first-order valence-corrected chi connectivity index (χ1v) is 21.5. The van der Waals surface area contributed by atoms with Gasteiger partial charge in [-0.3, -0.25) is 43.3 Å². The molecule has 354 valence electrons. The minimum Gasteiger partial charge on any atom is -0.508 e. The third-order valence-corrected chi connectivity index (χ3v) is 9.90. The summed E-state index contributed by atoms with van der Waals surface area (Å²) >= 11 is 0. The highest BCUT2D eigenvalue weighted by atomic mass is 16.3. The Morgan fingerprint density at radius 1 is 0.571 bits per heavy atom. The van der Waals surface area contributed by atoms with Crippen molar-refractivity contribution in [2.45, 2.75) is 142 Å². The maximum atomic E-state index is 14.2. The number of hydrogen-bond donors (Lipinski definition) is 12. The van der Waals surface area contributed by atoms with Crippen LogP contribution in [-0.4, -0.2) is 108 Å². The second-order valence-electron chi connectivity index (χ2n) is 16.7. The Balaban J connectivity index is 3.49. The van der Waals surface area contributed by atoms with Crippen molar-refractivity contribution in [2.24, 2.45) is 51.4 Å². The van der Waals surface area contributed by atoms with Crippen molar-refractivity contribution in [3.8, 4) is 5.75 Å². The minimum absolute atomic E-state index is 0.0241. The van der Waals surface area contributed by atoms with Crippen LogP contribution in [0.3, 0.4) is 0 Å². The Bertz CT molecular complexity index is 1700. The van der Waals surface area contributed by atoms with Gasteiger partial charge in [-0.2, -0.15) is 0 Å². The van der Waals surface area contributed by atoms with E-state index in [9.17, 15) is 43.5 Å². The van der Waals surface area contributed by atoms with Gasteiger partial charge in [0, 0.05) is 25.3 Å². The van der Waals surface area contributed by atoms with Crippen LogP contribution in [0.2, 0.25) is 0 Å². The molecular formula is C42H72N12O9. The number of benzene rings is 1. The zero-order valence-corrected chi connectivity index (χ0v) is 37.5. The van der Waals surface area contributed by atoms with Crippen molar-refractivity contribution >= 4 is 53.2 Å². The number of nitrogens with two attached hydrogens (primary N) is 5. The van der Waals surface area contributed by atoms with Crippen LogP contribution in [0.4, 0.5) is 0 Å². The average Bonchev–Trinajstić information content (AvgIpc) is 3.19. The van der Waals surface area contributed by atoms with Crippen molar-refractivity contribution in [1.82, 2.24) is 31.9 Å². The van der Waals surface area contributed by atoms with Gasteiger partial charge in [0.25, 0.3) is 0 Å². The van der Waals surface area contributed by atoms with Gasteiger partial charge in [0.2, 0.25) is 47.3 Å². The van der Waals surface area contributed by atoms with E-state index in [2.05, 4.69) is 36.9 Å². The zero-order valence-electron chi connectivity index (χ0n) is 37.5. The predicted octanol–water partition coefficient (Wildman–Crippen LogP) is -1.47. The van der Waals surface area contributed by atoms with E-state index < -0.39 is 89.4 Å². The van der Waals surface area contributed by atoms with E-state index in [0.29, 0.717) is 24.9 Å². The largest absolute Gasteiger partial charge is 0.508 e. The fourth-order valence-electron chi connectivity index (χ4n) is 6.33. The standard InChI is InChI=1S/C42H72N12O9/c1-23(2)20-31(35(45)57)52-40(62)32(21-24(3)4)54-39(61)29(10-7-8-18-43)50-38(60)30(11-9-19-48-42(46)47)51-41(63)33(22-27-13-15-28(55)16-14-27)53-37(59)26(6)49-36(58)25(5)12-17-34(44)56/h13-16,23-26,29-33,55H,7-12,17-22,43H2,1-6H3,(H2,44,56)(H2,45,57)(H,49,58)(H,50,60)(H,51,63)(H,52,62)(H,53,59)(H,54,61)(H4,46,47,48)/t25-,26-,29-,30-,31-,32-,33-/m0/s1. The molecule has 0 aliphatic rings. The Hall–Kier alpha value is -5.99. The van der Waals surface area contributed by atoms with Gasteiger partial charge in [-0.15, -0.1) is 0 Å². The Kier molecular flexibility index (Phi) is 25.0. The van der Waals surface area contributed by atoms with Gasteiger partial charge in [-0.05, 0) is 94.4 Å². The molecule has 21 nitrogen and oxygen atoms in total. The first-order valence-electron chi connectivity index (χ1n) is 21.5. The molecule has 0 spiro atoms. The number of rotatable bonds is 30. The molecule has 7 atom stereocenters. The van der Waals surface area contributed by atoms with E-state index in [4.69, 9.17) is 28.7 Å². The number of phenols is 1. The molecule has 0 saturated heterocycles. The molecule has 21 heteroatoms. The lowest BCUT2D eigenvalue weighted by atomic mass is 9.99. The highest BCUT2D eigenvalue weighted by molar-refractivity contribution is 5.97. The molecule has 0 aliphatic heterocycles. The Morgan fingerprint density at radius 2 is 1.05 bits per heavy atom. The van der Waals surface area contributed by atoms with E-state index in [1.165, 1.54) is 19.1 Å². The smallest absolute Gasteiger partial charge is 0.243 e. The number of carbonyl (C=O) groups is 8. The van der Waals surface area contributed by atoms with Crippen LogP contribution in [0.15, 0.2) is 29.3 Å². The molecule has 0 unspecified atom stereocenters. The normalized spacial score (nSPS) is 14.4. The number of nitrogens with zero attached hydrogens (tertiary/aromatic N) is 1. The summed E-state index contributed by atoms with van der Waals surface area (Å²) in [5, 5.41) is 25.9. The van der Waals surface area contributed by atoms with Crippen LogP contribution >= 0.6 is 0 Å². The lowest BCUT2D eigenvalue weighted by molar-refractivity contribution is -0.135. The molecule has 0 bridgehead atoms. The lowest BCUT2D eigenvalue weighted by Gasteiger charge is -2.28. The fourth-order valence-corrected chi connectivity index (χ4v) is 6.33. The summed E-state index contributed by atoms with van der Waals surface area (Å²) in [5.74, 6) is -6.34. The first kappa shape index (κ1) is 55.0. The topological polar surface area (TPSA) is 371 Å². The van der Waals surface area contributed by atoms with Gasteiger partial charge in [0.15, 0.2) is 5.96 Å². The number of unbranched alkanes of at least 4 members (excludes halogenated alkanes) is 1. The summed E-state index contributed by atoms with van der Waals surface area (Å²) in [7, 11) is 0. The van der Waals surface area contributed by atoms with Gasteiger partial charge >= 0.3 is 0 Å². The number of amides is 8. The molecule has 0 aromatic heterocycles. The SMILES string of the molecule is CC(C)C[C@H](NC(=O)[C@H](CC(C)C)NC(=O)[C@H](CCCCN)NC(=O)[C@H](CCCN=C(N)N)NC(=O)[C@H](Cc1ccc(O)cc1)NC(=O)[C@H](C)NC(=O)[C@@H](C)CCC(N)=O)C(N)=O. The predicted molar refractivity (Wildman–Crippen MR) is 238 cm³/mol. The molecule has 17 N–H and O–H groups in total. The van der Waals surface area contributed by atoms with E-state index in [1.54, 1.807) is 19.1 Å². The van der Waals surface area contributed by atoms with Crippen LogP contribution in [0.25, 0.3) is 0 Å². The third kappa shape index (κ3) is 22.6. The molecule has 0 saturated carbocycles. The molecule has 1 rings (SSSR count). The molecule has 1 aromatic rings. The molecule has 0 heterocycles. The van der Waals surface area contributed by atoms with Gasteiger partial charge in [-0.25, -0.2) is 0 Å². The Labute approximate surface area is 370 Å². The number of nitrogens with one attached hydrogen (secondary N) is 6. The van der Waals surface area contributed by atoms with Gasteiger partial charge in [0.1, 0.15) is 42.0 Å². The molecule has 0 fully saturated rings. The first-order chi connectivity index (χ1) is 29.5. The second kappa shape index (κ2) is 28.6. The number of guanidine groups is 1. The van der Waals surface area contributed by atoms with E-state index in [-0.39, 0.29) is 81.5 Å². The van der Waals surface area contributed by atoms with E-state index in [1.807, 2.05) is 27.7 Å². The van der Waals surface area contributed by atoms with Crippen LogP contribution in [0.1, 0.15) is 105 Å². The maximum absolute atomic E-state index is 14.2. The molecule has 8 amide bonds.